The standard InChI is InChI=1S/C49H64O7/c50-44-38-45(55-47-33-19-22-35-52-47)43(42(44)30-16-4-5-18-32-46(51)56-48-34-20-23-36-53-48)31-17-3-1-2-6-21-37-54-49(39-24-10-7-11-25-39,40-26-12-8-13-27-40)41-28-14-9-15-29-41/h7-15,17,24-29,31,42-43,45,47-48H,1-6,16,18-23,30,32-38H2/t42-,43-,45+,47?,48?/m1/s1. The van der Waals surface area contributed by atoms with Gasteiger partial charge in [0.1, 0.15) is 11.4 Å². The van der Waals surface area contributed by atoms with E-state index in [2.05, 4.69) is 103 Å². The van der Waals surface area contributed by atoms with Crippen LogP contribution in [0, 0.1) is 11.8 Å². The largest absolute Gasteiger partial charge is 0.436 e. The summed E-state index contributed by atoms with van der Waals surface area (Å²) in [5, 5.41) is 0. The van der Waals surface area contributed by atoms with Gasteiger partial charge in [-0.2, -0.15) is 0 Å². The van der Waals surface area contributed by atoms with E-state index in [1.807, 2.05) is 0 Å². The lowest BCUT2D eigenvalue weighted by atomic mass is 9.80. The number of carbonyl (C=O) groups excluding carboxylic acids is 2. The van der Waals surface area contributed by atoms with E-state index in [9.17, 15) is 9.59 Å². The molecule has 0 radical (unpaired) electrons. The van der Waals surface area contributed by atoms with Gasteiger partial charge in [-0.3, -0.25) is 9.59 Å². The van der Waals surface area contributed by atoms with Gasteiger partial charge in [0.15, 0.2) is 6.29 Å². The molecule has 0 amide bonds. The summed E-state index contributed by atoms with van der Waals surface area (Å²) in [5.41, 5.74) is 2.71. The first kappa shape index (κ1) is 42.0. The molecule has 7 nitrogen and oxygen atoms in total. The zero-order valence-electron chi connectivity index (χ0n) is 33.4. The summed E-state index contributed by atoms with van der Waals surface area (Å²) in [6.07, 6.45) is 20.5. The van der Waals surface area contributed by atoms with Crippen LogP contribution in [0.15, 0.2) is 103 Å². The Morgan fingerprint density at radius 2 is 1.25 bits per heavy atom. The van der Waals surface area contributed by atoms with Crippen molar-refractivity contribution in [1.82, 2.24) is 0 Å². The van der Waals surface area contributed by atoms with Crippen LogP contribution in [-0.2, 0) is 38.9 Å². The van der Waals surface area contributed by atoms with Crippen LogP contribution in [0.2, 0.25) is 0 Å². The summed E-state index contributed by atoms with van der Waals surface area (Å²) in [6.45, 7) is 2.06. The van der Waals surface area contributed by atoms with E-state index in [-0.39, 0.29) is 36.5 Å². The third kappa shape index (κ3) is 12.2. The topological polar surface area (TPSA) is 80.3 Å². The molecule has 1 saturated carbocycles. The maximum atomic E-state index is 13.4. The number of unbranched alkanes of at least 4 members (excludes halogenated alkanes) is 7. The Morgan fingerprint density at radius 1 is 0.679 bits per heavy atom. The molecule has 5 atom stereocenters. The number of ether oxygens (including phenoxy) is 5. The number of allylic oxidation sites excluding steroid dienone is 1. The Morgan fingerprint density at radius 3 is 1.86 bits per heavy atom. The van der Waals surface area contributed by atoms with Crippen LogP contribution < -0.4 is 0 Å². The molecule has 3 aliphatic rings. The number of hydrogen-bond donors (Lipinski definition) is 0. The van der Waals surface area contributed by atoms with Gasteiger partial charge >= 0.3 is 5.97 Å². The van der Waals surface area contributed by atoms with Gasteiger partial charge in [0.05, 0.1) is 12.7 Å². The van der Waals surface area contributed by atoms with Gasteiger partial charge in [-0.05, 0) is 80.9 Å². The maximum Gasteiger partial charge on any atom is 0.308 e. The lowest BCUT2D eigenvalue weighted by Crippen LogP contribution is -2.33. The molecular formula is C49H64O7. The summed E-state index contributed by atoms with van der Waals surface area (Å²) in [4.78, 5) is 25.6. The molecule has 2 heterocycles. The minimum Gasteiger partial charge on any atom is -0.436 e. The molecule has 2 saturated heterocycles. The second kappa shape index (κ2) is 23.0. The molecule has 56 heavy (non-hydrogen) atoms. The lowest BCUT2D eigenvalue weighted by molar-refractivity contribution is -0.192. The van der Waals surface area contributed by atoms with E-state index in [4.69, 9.17) is 23.7 Å². The number of esters is 1. The van der Waals surface area contributed by atoms with Crippen LogP contribution in [0.25, 0.3) is 0 Å². The summed E-state index contributed by atoms with van der Waals surface area (Å²) in [5.74, 6) is 0.204. The molecule has 0 N–H and O–H groups in total. The van der Waals surface area contributed by atoms with Gasteiger partial charge in [0.2, 0.25) is 6.29 Å². The zero-order valence-corrected chi connectivity index (χ0v) is 33.4. The van der Waals surface area contributed by atoms with Gasteiger partial charge in [-0.15, -0.1) is 0 Å². The zero-order chi connectivity index (χ0) is 38.7. The second-order valence-corrected chi connectivity index (χ2v) is 15.8. The molecular weight excluding hydrogens is 701 g/mol. The molecule has 2 unspecified atom stereocenters. The minimum absolute atomic E-state index is 0.0236. The van der Waals surface area contributed by atoms with Gasteiger partial charge in [0, 0.05) is 44.3 Å². The van der Waals surface area contributed by atoms with Gasteiger partial charge in [-0.25, -0.2) is 0 Å². The smallest absolute Gasteiger partial charge is 0.308 e. The van der Waals surface area contributed by atoms with Gasteiger partial charge < -0.3 is 23.7 Å². The Hall–Kier alpha value is -3.62. The quantitative estimate of drug-likeness (QED) is 0.0436. The highest BCUT2D eigenvalue weighted by Gasteiger charge is 2.42. The van der Waals surface area contributed by atoms with Crippen LogP contribution in [0.1, 0.15) is 132 Å². The molecule has 6 rings (SSSR count). The normalized spacial score (nSPS) is 23.1. The molecule has 3 aromatic carbocycles. The fraction of sp³-hybridized carbons (Fsp3) is 0.551. The molecule has 0 aromatic heterocycles. The molecule has 7 heteroatoms. The number of Topliss-reactive ketones (excluding diaryl/α,β-unsaturated/α-hetero) is 1. The summed E-state index contributed by atoms with van der Waals surface area (Å²) >= 11 is 0. The predicted octanol–water partition coefficient (Wildman–Crippen LogP) is 11.0. The van der Waals surface area contributed by atoms with Crippen LogP contribution >= 0.6 is 0 Å². The van der Waals surface area contributed by atoms with Crippen molar-refractivity contribution in [2.75, 3.05) is 19.8 Å². The van der Waals surface area contributed by atoms with Crippen LogP contribution in [0.3, 0.4) is 0 Å². The van der Waals surface area contributed by atoms with Crippen molar-refractivity contribution in [2.24, 2.45) is 11.8 Å². The Labute approximate surface area is 335 Å². The first-order chi connectivity index (χ1) is 27.6. The molecule has 1 aliphatic carbocycles. The van der Waals surface area contributed by atoms with E-state index in [1.54, 1.807) is 0 Å². The van der Waals surface area contributed by atoms with Crippen molar-refractivity contribution in [3.63, 3.8) is 0 Å². The van der Waals surface area contributed by atoms with Crippen molar-refractivity contribution >= 4 is 11.8 Å². The van der Waals surface area contributed by atoms with Gasteiger partial charge in [-0.1, -0.05) is 135 Å². The Balaban J connectivity index is 0.960. The average molecular weight is 765 g/mol. The molecule has 3 aromatic rings. The lowest BCUT2D eigenvalue weighted by Gasteiger charge is -2.36. The number of benzene rings is 3. The number of hydrogen-bond acceptors (Lipinski definition) is 7. The fourth-order valence-electron chi connectivity index (χ4n) is 8.69. The maximum absolute atomic E-state index is 13.4. The summed E-state index contributed by atoms with van der Waals surface area (Å²) in [6, 6.07) is 31.7. The van der Waals surface area contributed by atoms with E-state index >= 15 is 0 Å². The van der Waals surface area contributed by atoms with Crippen molar-refractivity contribution in [3.8, 4) is 0 Å². The van der Waals surface area contributed by atoms with E-state index in [0.29, 0.717) is 31.8 Å². The minimum atomic E-state index is -0.680. The molecule has 0 bridgehead atoms. The number of ketones is 1. The van der Waals surface area contributed by atoms with Crippen LogP contribution in [0.4, 0.5) is 0 Å². The van der Waals surface area contributed by atoms with Crippen molar-refractivity contribution in [1.29, 1.82) is 0 Å². The highest BCUT2D eigenvalue weighted by Crippen LogP contribution is 2.41. The van der Waals surface area contributed by atoms with Crippen LogP contribution in [0.5, 0.6) is 0 Å². The third-order valence-corrected chi connectivity index (χ3v) is 11.7. The fourth-order valence-corrected chi connectivity index (χ4v) is 8.69. The Kier molecular flexibility index (Phi) is 17.2. The first-order valence-electron chi connectivity index (χ1n) is 21.7. The highest BCUT2D eigenvalue weighted by atomic mass is 16.7. The second-order valence-electron chi connectivity index (χ2n) is 15.8. The molecule has 2 aliphatic heterocycles. The monoisotopic (exact) mass is 764 g/mol. The molecule has 0 spiro atoms. The first-order valence-corrected chi connectivity index (χ1v) is 21.7. The highest BCUT2D eigenvalue weighted by molar-refractivity contribution is 5.84. The van der Waals surface area contributed by atoms with Crippen molar-refractivity contribution < 1.29 is 33.3 Å². The number of carbonyl (C=O) groups is 2. The molecule has 302 valence electrons. The number of rotatable bonds is 22. The van der Waals surface area contributed by atoms with E-state index < -0.39 is 5.60 Å². The van der Waals surface area contributed by atoms with E-state index in [0.717, 1.165) is 126 Å². The van der Waals surface area contributed by atoms with Crippen molar-refractivity contribution in [3.05, 3.63) is 120 Å². The van der Waals surface area contributed by atoms with E-state index in [1.165, 1.54) is 0 Å². The predicted molar refractivity (Wildman–Crippen MR) is 220 cm³/mol. The summed E-state index contributed by atoms with van der Waals surface area (Å²) in [7, 11) is 0. The van der Waals surface area contributed by atoms with Crippen LogP contribution in [-0.4, -0.2) is 50.3 Å². The average Bonchev–Trinajstić information content (AvgIpc) is 3.53. The molecule has 3 fully saturated rings. The SMILES string of the molecule is O=C(CCCCCC[C@H]1C(=O)C[C@H](OC2CCCCO2)[C@@H]1C=CCCCCCCOC(c1ccccc1)(c1ccccc1)c1ccccc1)OC1CCCCO1. The Bertz CT molecular complexity index is 1480. The summed E-state index contributed by atoms with van der Waals surface area (Å²) < 4.78 is 30.4. The van der Waals surface area contributed by atoms with Crippen molar-refractivity contribution in [2.45, 2.75) is 140 Å². The van der Waals surface area contributed by atoms with Gasteiger partial charge in [0.25, 0.3) is 0 Å². The third-order valence-electron chi connectivity index (χ3n) is 11.7.